The topological polar surface area (TPSA) is 112 Å². The monoisotopic (exact) mass is 318 g/mol. The molecule has 0 bridgehead atoms. The summed E-state index contributed by atoms with van der Waals surface area (Å²) in [5.41, 5.74) is 5.54. The van der Waals surface area contributed by atoms with Crippen molar-refractivity contribution in [2.75, 3.05) is 19.9 Å². The van der Waals surface area contributed by atoms with Crippen LogP contribution in [0, 0.1) is 6.92 Å². The molecule has 2 N–H and O–H groups in total. The Balaban J connectivity index is 2.26. The van der Waals surface area contributed by atoms with E-state index in [1.807, 2.05) is 0 Å². The third-order valence-electron chi connectivity index (χ3n) is 2.63. The van der Waals surface area contributed by atoms with Crippen LogP contribution in [0.15, 0.2) is 15.5 Å². The Kier molecular flexibility index (Phi) is 3.97. The van der Waals surface area contributed by atoms with Crippen molar-refractivity contribution in [1.29, 1.82) is 0 Å². The van der Waals surface area contributed by atoms with Gasteiger partial charge >= 0.3 is 0 Å². The minimum atomic E-state index is -3.76. The molecule has 2 aromatic rings. The molecule has 0 aromatic carbocycles. The molecular weight excluding hydrogens is 304 g/mol. The summed E-state index contributed by atoms with van der Waals surface area (Å²) in [4.78, 5) is 0.650. The second-order valence-corrected chi connectivity index (χ2v) is 6.92. The van der Waals surface area contributed by atoms with Crippen LogP contribution in [-0.4, -0.2) is 36.4 Å². The average Bonchev–Trinajstić information content (AvgIpc) is 2.96. The number of aromatic nitrogens is 2. The van der Waals surface area contributed by atoms with E-state index in [4.69, 9.17) is 15.0 Å². The van der Waals surface area contributed by atoms with Crippen molar-refractivity contribution < 1.29 is 17.7 Å². The second kappa shape index (κ2) is 5.38. The fraction of sp³-hybridized carbons (Fsp3) is 0.400. The predicted molar refractivity (Wildman–Crippen MR) is 73.0 cm³/mol. The number of nitrogen functional groups attached to an aromatic ring is 1. The molecule has 0 radical (unpaired) electrons. The van der Waals surface area contributed by atoms with E-state index in [2.05, 4.69) is 9.53 Å². The highest BCUT2D eigenvalue weighted by Gasteiger charge is 2.29. The van der Waals surface area contributed by atoms with Gasteiger partial charge in [-0.15, -0.1) is 0 Å². The molecule has 0 aliphatic rings. The van der Waals surface area contributed by atoms with E-state index in [9.17, 15) is 8.42 Å². The first-order chi connectivity index (χ1) is 9.36. The molecule has 0 spiro atoms. The van der Waals surface area contributed by atoms with Crippen LogP contribution in [0.4, 0.5) is 5.82 Å². The molecule has 0 amide bonds. The standard InChI is InChI=1S/C10H14N4O4S2/c1-6-9(10(11)12-18-6)20(15,16)14(2)5-7-4-8(17-3)13-19-7/h4H,5H2,1-3H3,(H2,11,12). The number of ether oxygens (including phenoxy) is 1. The van der Waals surface area contributed by atoms with E-state index < -0.39 is 10.0 Å². The first-order valence-electron chi connectivity index (χ1n) is 5.54. The van der Waals surface area contributed by atoms with Crippen LogP contribution in [0.2, 0.25) is 0 Å². The number of nitrogens with two attached hydrogens (primary N) is 1. The summed E-state index contributed by atoms with van der Waals surface area (Å²) in [5.74, 6) is 0.476. The summed E-state index contributed by atoms with van der Waals surface area (Å²) in [6.45, 7) is 1.66. The van der Waals surface area contributed by atoms with Crippen LogP contribution in [0.25, 0.3) is 0 Å². The van der Waals surface area contributed by atoms with Gasteiger partial charge in [0.25, 0.3) is 0 Å². The quantitative estimate of drug-likeness (QED) is 0.869. The molecule has 8 nitrogen and oxygen atoms in total. The molecule has 2 rings (SSSR count). The zero-order chi connectivity index (χ0) is 14.9. The van der Waals surface area contributed by atoms with Crippen molar-refractivity contribution in [2.24, 2.45) is 0 Å². The zero-order valence-electron chi connectivity index (χ0n) is 11.2. The van der Waals surface area contributed by atoms with Crippen molar-refractivity contribution in [3.8, 4) is 5.88 Å². The highest BCUT2D eigenvalue weighted by atomic mass is 32.2. The summed E-state index contributed by atoms with van der Waals surface area (Å²) in [6.07, 6.45) is 0. The summed E-state index contributed by atoms with van der Waals surface area (Å²) in [6, 6.07) is 1.68. The molecule has 0 aliphatic carbocycles. The Morgan fingerprint density at radius 1 is 1.55 bits per heavy atom. The third kappa shape index (κ3) is 2.62. The van der Waals surface area contributed by atoms with Gasteiger partial charge in [0.15, 0.2) is 16.5 Å². The molecule has 0 saturated carbocycles. The van der Waals surface area contributed by atoms with Gasteiger partial charge < -0.3 is 15.0 Å². The Morgan fingerprint density at radius 3 is 2.75 bits per heavy atom. The zero-order valence-corrected chi connectivity index (χ0v) is 12.8. The van der Waals surface area contributed by atoms with Crippen LogP contribution in [-0.2, 0) is 16.6 Å². The van der Waals surface area contributed by atoms with Crippen LogP contribution in [0.3, 0.4) is 0 Å². The van der Waals surface area contributed by atoms with Gasteiger partial charge in [-0.05, 0) is 18.5 Å². The fourth-order valence-corrected chi connectivity index (χ4v) is 3.76. The SMILES string of the molecule is COc1cc(CN(C)S(=O)(=O)c2c(N)noc2C)sn1. The van der Waals surface area contributed by atoms with Crippen LogP contribution < -0.4 is 10.5 Å². The van der Waals surface area contributed by atoms with E-state index in [-0.39, 0.29) is 23.0 Å². The number of hydrogen-bond acceptors (Lipinski definition) is 8. The summed E-state index contributed by atoms with van der Waals surface area (Å²) >= 11 is 1.17. The van der Waals surface area contributed by atoms with Crippen molar-refractivity contribution in [1.82, 2.24) is 13.8 Å². The first kappa shape index (κ1) is 14.8. The van der Waals surface area contributed by atoms with Gasteiger partial charge in [0.1, 0.15) is 0 Å². The van der Waals surface area contributed by atoms with Crippen molar-refractivity contribution >= 4 is 27.4 Å². The van der Waals surface area contributed by atoms with Gasteiger partial charge in [0, 0.05) is 24.5 Å². The van der Waals surface area contributed by atoms with Crippen molar-refractivity contribution in [2.45, 2.75) is 18.4 Å². The molecule has 0 unspecified atom stereocenters. The van der Waals surface area contributed by atoms with Gasteiger partial charge in [-0.1, -0.05) is 5.16 Å². The predicted octanol–water partition coefficient (Wildman–Crippen LogP) is 0.851. The molecule has 0 aliphatic heterocycles. The maximum absolute atomic E-state index is 12.4. The van der Waals surface area contributed by atoms with Gasteiger partial charge in [0.2, 0.25) is 15.9 Å². The summed E-state index contributed by atoms with van der Waals surface area (Å²) in [7, 11) is -0.810. The Labute approximate surface area is 120 Å². The lowest BCUT2D eigenvalue weighted by molar-refractivity contribution is 0.395. The largest absolute Gasteiger partial charge is 0.480 e. The molecule has 110 valence electrons. The van der Waals surface area contributed by atoms with Crippen molar-refractivity contribution in [3.63, 3.8) is 0 Å². The smallest absolute Gasteiger partial charge is 0.250 e. The lowest BCUT2D eigenvalue weighted by atomic mass is 10.5. The van der Waals surface area contributed by atoms with Gasteiger partial charge in [-0.2, -0.15) is 8.68 Å². The van der Waals surface area contributed by atoms with E-state index >= 15 is 0 Å². The lowest BCUT2D eigenvalue weighted by Crippen LogP contribution is -2.27. The van der Waals surface area contributed by atoms with Gasteiger partial charge in [-0.3, -0.25) is 0 Å². The molecule has 2 heterocycles. The van der Waals surface area contributed by atoms with E-state index in [0.717, 1.165) is 9.18 Å². The Hall–Kier alpha value is -1.65. The number of rotatable bonds is 5. The lowest BCUT2D eigenvalue weighted by Gasteiger charge is -2.15. The maximum Gasteiger partial charge on any atom is 0.250 e. The normalized spacial score (nSPS) is 12.0. The third-order valence-corrected chi connectivity index (χ3v) is 5.34. The number of anilines is 1. The van der Waals surface area contributed by atoms with Crippen LogP contribution >= 0.6 is 11.5 Å². The molecule has 20 heavy (non-hydrogen) atoms. The van der Waals surface area contributed by atoms with E-state index in [1.165, 1.54) is 32.6 Å². The second-order valence-electron chi connectivity index (χ2n) is 4.05. The number of aryl methyl sites for hydroxylation is 1. The fourth-order valence-electron chi connectivity index (χ4n) is 1.62. The molecule has 2 aromatic heterocycles. The summed E-state index contributed by atoms with van der Waals surface area (Å²) in [5, 5.41) is 3.46. The van der Waals surface area contributed by atoms with Crippen molar-refractivity contribution in [3.05, 3.63) is 16.7 Å². The molecule has 0 saturated heterocycles. The molecular formula is C10H14N4O4S2. The summed E-state index contributed by atoms with van der Waals surface area (Å²) < 4.78 is 39.8. The Morgan fingerprint density at radius 2 is 2.25 bits per heavy atom. The Bertz CT molecular complexity index is 687. The van der Waals surface area contributed by atoms with E-state index in [1.54, 1.807) is 6.07 Å². The highest BCUT2D eigenvalue weighted by molar-refractivity contribution is 7.89. The highest BCUT2D eigenvalue weighted by Crippen LogP contribution is 2.26. The van der Waals surface area contributed by atoms with E-state index in [0.29, 0.717) is 5.88 Å². The number of sulfonamides is 1. The number of nitrogens with zero attached hydrogens (tertiary/aromatic N) is 3. The molecule has 10 heteroatoms. The molecule has 0 atom stereocenters. The minimum absolute atomic E-state index is 0.100. The molecule has 0 fully saturated rings. The van der Waals surface area contributed by atoms with Gasteiger partial charge in [-0.25, -0.2) is 8.42 Å². The first-order valence-corrected chi connectivity index (χ1v) is 7.75. The van der Waals surface area contributed by atoms with Crippen LogP contribution in [0.1, 0.15) is 10.6 Å². The van der Waals surface area contributed by atoms with Gasteiger partial charge in [0.05, 0.1) is 7.11 Å². The van der Waals surface area contributed by atoms with Crippen LogP contribution in [0.5, 0.6) is 5.88 Å². The maximum atomic E-state index is 12.4. The average molecular weight is 318 g/mol. The number of hydrogen-bond donors (Lipinski definition) is 1. The minimum Gasteiger partial charge on any atom is -0.480 e. The number of methoxy groups -OCH3 is 1.